The third-order valence-electron chi connectivity index (χ3n) is 2.11. The molecule has 3 N–H and O–H groups in total. The number of imidazole rings is 1. The number of halogens is 2. The van der Waals surface area contributed by atoms with Crippen molar-refractivity contribution < 1.29 is 8.78 Å². The van der Waals surface area contributed by atoms with Gasteiger partial charge in [0, 0.05) is 12.1 Å². The normalized spacial score (nSPS) is 10.6. The number of aromatic amines is 1. The molecule has 0 spiro atoms. The number of aromatic nitrogens is 2. The molecular weight excluding hydrogens is 200 g/mol. The lowest BCUT2D eigenvalue weighted by Crippen LogP contribution is -1.99. The number of hydrogen-bond donors (Lipinski definition) is 2. The molecule has 0 amide bonds. The molecule has 2 aromatic rings. The maximum absolute atomic E-state index is 13.4. The molecule has 0 saturated heterocycles. The van der Waals surface area contributed by atoms with Gasteiger partial charge >= 0.3 is 0 Å². The van der Waals surface area contributed by atoms with Crippen LogP contribution in [-0.2, 0) is 6.54 Å². The van der Waals surface area contributed by atoms with E-state index in [9.17, 15) is 8.78 Å². The van der Waals surface area contributed by atoms with Crippen LogP contribution in [0.1, 0.15) is 5.69 Å². The van der Waals surface area contributed by atoms with Crippen molar-refractivity contribution in [3.63, 3.8) is 0 Å². The zero-order valence-corrected chi connectivity index (χ0v) is 7.80. The first-order chi connectivity index (χ1) is 7.22. The summed E-state index contributed by atoms with van der Waals surface area (Å²) in [5, 5.41) is 0. The fraction of sp³-hybridized carbons (Fsp3) is 0.100. The van der Waals surface area contributed by atoms with E-state index in [0.29, 0.717) is 11.4 Å². The minimum Gasteiger partial charge on any atom is -0.347 e. The Balaban J connectivity index is 2.58. The first-order valence-electron chi connectivity index (χ1n) is 4.40. The summed E-state index contributed by atoms with van der Waals surface area (Å²) in [5.74, 6) is -1.02. The molecule has 0 fully saturated rings. The average molecular weight is 209 g/mol. The lowest BCUT2D eigenvalue weighted by molar-refractivity contribution is 0.602. The summed E-state index contributed by atoms with van der Waals surface area (Å²) in [4.78, 5) is 6.69. The molecule has 0 aliphatic heterocycles. The summed E-state index contributed by atoms with van der Waals surface area (Å²) in [5.41, 5.74) is 6.49. The fourth-order valence-corrected chi connectivity index (χ4v) is 1.39. The molecule has 5 heteroatoms. The number of hydrogen-bond acceptors (Lipinski definition) is 2. The van der Waals surface area contributed by atoms with Crippen LogP contribution in [0.4, 0.5) is 8.78 Å². The lowest BCUT2D eigenvalue weighted by Gasteiger charge is -2.02. The Kier molecular flexibility index (Phi) is 2.47. The van der Waals surface area contributed by atoms with E-state index in [-0.39, 0.29) is 12.1 Å². The summed E-state index contributed by atoms with van der Waals surface area (Å²) in [6, 6.07) is 3.23. The van der Waals surface area contributed by atoms with Gasteiger partial charge < -0.3 is 10.7 Å². The molecule has 3 nitrogen and oxygen atoms in total. The predicted molar refractivity (Wildman–Crippen MR) is 51.8 cm³/mol. The van der Waals surface area contributed by atoms with Crippen LogP contribution in [-0.4, -0.2) is 9.97 Å². The second-order valence-corrected chi connectivity index (χ2v) is 3.06. The van der Waals surface area contributed by atoms with Crippen molar-refractivity contribution in [2.75, 3.05) is 0 Å². The highest BCUT2D eigenvalue weighted by Crippen LogP contribution is 2.24. The molecule has 0 unspecified atom stereocenters. The zero-order chi connectivity index (χ0) is 10.8. The maximum Gasteiger partial charge on any atom is 0.132 e. The summed E-state index contributed by atoms with van der Waals surface area (Å²) in [7, 11) is 0. The van der Waals surface area contributed by atoms with Crippen LogP contribution in [0.2, 0.25) is 0 Å². The number of rotatable bonds is 2. The highest BCUT2D eigenvalue weighted by molar-refractivity contribution is 5.62. The largest absolute Gasteiger partial charge is 0.347 e. The van der Waals surface area contributed by atoms with Crippen molar-refractivity contribution in [1.82, 2.24) is 9.97 Å². The average Bonchev–Trinajstić information content (AvgIpc) is 2.69. The molecule has 15 heavy (non-hydrogen) atoms. The molecule has 0 bridgehead atoms. The molecule has 0 atom stereocenters. The molecule has 0 radical (unpaired) electrons. The molecule has 0 aliphatic rings. The van der Waals surface area contributed by atoms with Crippen molar-refractivity contribution in [2.24, 2.45) is 5.73 Å². The van der Waals surface area contributed by atoms with Crippen LogP contribution in [0.3, 0.4) is 0 Å². The van der Waals surface area contributed by atoms with Gasteiger partial charge in [0.05, 0.1) is 17.7 Å². The van der Waals surface area contributed by atoms with Crippen molar-refractivity contribution >= 4 is 0 Å². The highest BCUT2D eigenvalue weighted by Gasteiger charge is 2.12. The Hall–Kier alpha value is -1.75. The second kappa shape index (κ2) is 3.78. The molecular formula is C10H9F2N3. The number of nitrogens with one attached hydrogen (secondary N) is 1. The summed E-state index contributed by atoms with van der Waals surface area (Å²) in [6.07, 6.45) is 1.40. The van der Waals surface area contributed by atoms with Gasteiger partial charge in [-0.1, -0.05) is 0 Å². The summed E-state index contributed by atoms with van der Waals surface area (Å²) >= 11 is 0. The molecule has 0 aliphatic carbocycles. The number of nitrogens with zero attached hydrogens (tertiary/aromatic N) is 1. The lowest BCUT2D eigenvalue weighted by atomic mass is 10.1. The molecule has 2 rings (SSSR count). The van der Waals surface area contributed by atoms with Gasteiger partial charge in [-0.05, 0) is 18.2 Å². The van der Waals surface area contributed by atoms with Gasteiger partial charge in [-0.3, -0.25) is 0 Å². The third-order valence-corrected chi connectivity index (χ3v) is 2.11. The van der Waals surface area contributed by atoms with E-state index in [2.05, 4.69) is 9.97 Å². The van der Waals surface area contributed by atoms with Crippen LogP contribution < -0.4 is 5.73 Å². The van der Waals surface area contributed by atoms with Crippen molar-refractivity contribution in [3.05, 3.63) is 41.9 Å². The molecule has 1 aromatic heterocycles. The van der Waals surface area contributed by atoms with Crippen molar-refractivity contribution in [1.29, 1.82) is 0 Å². The maximum atomic E-state index is 13.4. The van der Waals surface area contributed by atoms with E-state index in [1.807, 2.05) is 0 Å². The van der Waals surface area contributed by atoms with Gasteiger partial charge in [0.2, 0.25) is 0 Å². The van der Waals surface area contributed by atoms with Gasteiger partial charge in [-0.2, -0.15) is 0 Å². The Morgan fingerprint density at radius 3 is 2.87 bits per heavy atom. The minimum absolute atomic E-state index is 0.122. The number of benzene rings is 1. The zero-order valence-electron chi connectivity index (χ0n) is 7.80. The number of H-pyrrole nitrogens is 1. The molecule has 78 valence electrons. The van der Waals surface area contributed by atoms with E-state index >= 15 is 0 Å². The van der Waals surface area contributed by atoms with Gasteiger partial charge in [0.1, 0.15) is 11.6 Å². The second-order valence-electron chi connectivity index (χ2n) is 3.06. The van der Waals surface area contributed by atoms with E-state index in [1.165, 1.54) is 6.33 Å². The topological polar surface area (TPSA) is 54.7 Å². The van der Waals surface area contributed by atoms with Crippen LogP contribution in [0.15, 0.2) is 24.5 Å². The Morgan fingerprint density at radius 1 is 1.33 bits per heavy atom. The SMILES string of the molecule is NCc1[nH]cnc1-c1cc(F)ccc1F. The van der Waals surface area contributed by atoms with Crippen LogP contribution >= 0.6 is 0 Å². The van der Waals surface area contributed by atoms with E-state index in [4.69, 9.17) is 5.73 Å². The van der Waals surface area contributed by atoms with E-state index in [0.717, 1.165) is 18.2 Å². The highest BCUT2D eigenvalue weighted by atomic mass is 19.1. The molecule has 1 aromatic carbocycles. The van der Waals surface area contributed by atoms with Crippen molar-refractivity contribution in [2.45, 2.75) is 6.54 Å². The van der Waals surface area contributed by atoms with Gasteiger partial charge in [0.15, 0.2) is 0 Å². The van der Waals surface area contributed by atoms with Crippen LogP contribution in [0.5, 0.6) is 0 Å². The first kappa shape index (κ1) is 9.79. The van der Waals surface area contributed by atoms with Gasteiger partial charge in [0.25, 0.3) is 0 Å². The Morgan fingerprint density at radius 2 is 2.13 bits per heavy atom. The van der Waals surface area contributed by atoms with E-state index < -0.39 is 11.6 Å². The number of nitrogens with two attached hydrogens (primary N) is 1. The van der Waals surface area contributed by atoms with Crippen LogP contribution in [0, 0.1) is 11.6 Å². The van der Waals surface area contributed by atoms with Crippen LogP contribution in [0.25, 0.3) is 11.3 Å². The van der Waals surface area contributed by atoms with Gasteiger partial charge in [-0.15, -0.1) is 0 Å². The minimum atomic E-state index is -0.516. The van der Waals surface area contributed by atoms with Gasteiger partial charge in [-0.25, -0.2) is 13.8 Å². The van der Waals surface area contributed by atoms with Crippen molar-refractivity contribution in [3.8, 4) is 11.3 Å². The summed E-state index contributed by atoms with van der Waals surface area (Å²) in [6.45, 7) is 0.200. The van der Waals surface area contributed by atoms with E-state index in [1.54, 1.807) is 0 Å². The Bertz CT molecular complexity index is 479. The standard InChI is InChI=1S/C10H9F2N3/c11-6-1-2-8(12)7(3-6)10-9(4-13)14-5-15-10/h1-3,5H,4,13H2,(H,14,15). The Labute approximate surface area is 85.0 Å². The predicted octanol–water partition coefficient (Wildman–Crippen LogP) is 1.81. The smallest absolute Gasteiger partial charge is 0.132 e. The summed E-state index contributed by atoms with van der Waals surface area (Å²) < 4.78 is 26.3. The third kappa shape index (κ3) is 1.73. The molecule has 1 heterocycles. The molecule has 0 saturated carbocycles. The quantitative estimate of drug-likeness (QED) is 0.792. The fourth-order valence-electron chi connectivity index (χ4n) is 1.39. The monoisotopic (exact) mass is 209 g/mol. The first-order valence-corrected chi connectivity index (χ1v) is 4.40.